The van der Waals surface area contributed by atoms with Crippen LogP contribution < -0.4 is 10.2 Å². The SMILES string of the molecule is N#Cc1nc(-c2cccnc2)oc1N1CCNCC1. The Morgan fingerprint density at radius 1 is 1.37 bits per heavy atom. The van der Waals surface area contributed by atoms with Crippen molar-refractivity contribution in [1.29, 1.82) is 5.26 Å². The summed E-state index contributed by atoms with van der Waals surface area (Å²) in [7, 11) is 0. The topological polar surface area (TPSA) is 78.0 Å². The highest BCUT2D eigenvalue weighted by Crippen LogP contribution is 2.27. The largest absolute Gasteiger partial charge is 0.419 e. The zero-order chi connectivity index (χ0) is 13.1. The minimum Gasteiger partial charge on any atom is -0.419 e. The molecule has 0 aromatic carbocycles. The normalized spacial score (nSPS) is 15.2. The zero-order valence-corrected chi connectivity index (χ0v) is 10.3. The molecule has 6 nitrogen and oxygen atoms in total. The Morgan fingerprint density at radius 2 is 2.21 bits per heavy atom. The van der Waals surface area contributed by atoms with Crippen molar-refractivity contribution in [3.05, 3.63) is 30.2 Å². The van der Waals surface area contributed by atoms with Gasteiger partial charge in [-0.3, -0.25) is 4.98 Å². The molecule has 0 saturated carbocycles. The summed E-state index contributed by atoms with van der Waals surface area (Å²) in [6.45, 7) is 3.40. The van der Waals surface area contributed by atoms with Gasteiger partial charge in [-0.05, 0) is 12.1 Å². The fourth-order valence-electron chi connectivity index (χ4n) is 2.08. The summed E-state index contributed by atoms with van der Waals surface area (Å²) in [4.78, 5) is 10.3. The first-order valence-electron chi connectivity index (χ1n) is 6.15. The first-order valence-corrected chi connectivity index (χ1v) is 6.15. The second-order valence-electron chi connectivity index (χ2n) is 4.26. The van der Waals surface area contributed by atoms with E-state index in [0.29, 0.717) is 17.5 Å². The van der Waals surface area contributed by atoms with Gasteiger partial charge in [-0.25, -0.2) is 0 Å². The molecule has 3 rings (SSSR count). The van der Waals surface area contributed by atoms with Crippen molar-refractivity contribution in [1.82, 2.24) is 15.3 Å². The van der Waals surface area contributed by atoms with Crippen molar-refractivity contribution < 1.29 is 4.42 Å². The number of hydrogen-bond acceptors (Lipinski definition) is 6. The number of aromatic nitrogens is 2. The van der Waals surface area contributed by atoms with Crippen molar-refractivity contribution in [3.8, 4) is 17.5 Å². The molecule has 0 radical (unpaired) electrons. The van der Waals surface area contributed by atoms with E-state index >= 15 is 0 Å². The fraction of sp³-hybridized carbons (Fsp3) is 0.308. The Labute approximate surface area is 110 Å². The Hall–Kier alpha value is -2.39. The Balaban J connectivity index is 1.97. The van der Waals surface area contributed by atoms with Gasteiger partial charge in [0.25, 0.3) is 0 Å². The minimum atomic E-state index is 0.334. The molecule has 1 aliphatic heterocycles. The highest BCUT2D eigenvalue weighted by Gasteiger charge is 2.21. The van der Waals surface area contributed by atoms with Gasteiger partial charge in [0.1, 0.15) is 6.07 Å². The van der Waals surface area contributed by atoms with Crippen LogP contribution in [0, 0.1) is 11.3 Å². The van der Waals surface area contributed by atoms with Crippen molar-refractivity contribution in [2.45, 2.75) is 0 Å². The van der Waals surface area contributed by atoms with Crippen LogP contribution in [0.1, 0.15) is 5.69 Å². The number of nitriles is 1. The van der Waals surface area contributed by atoms with Crippen LogP contribution in [0.4, 0.5) is 5.88 Å². The van der Waals surface area contributed by atoms with Crippen molar-refractivity contribution in [3.63, 3.8) is 0 Å². The molecule has 0 unspecified atom stereocenters. The molecule has 0 bridgehead atoms. The van der Waals surface area contributed by atoms with Crippen molar-refractivity contribution in [2.75, 3.05) is 31.1 Å². The van der Waals surface area contributed by atoms with Gasteiger partial charge in [-0.15, -0.1) is 0 Å². The molecular weight excluding hydrogens is 242 g/mol. The molecule has 96 valence electrons. The van der Waals surface area contributed by atoms with Gasteiger partial charge in [-0.2, -0.15) is 10.2 Å². The summed E-state index contributed by atoms with van der Waals surface area (Å²) >= 11 is 0. The number of oxazole rings is 1. The predicted octanol–water partition coefficient (Wildman–Crippen LogP) is 1.02. The Morgan fingerprint density at radius 3 is 2.89 bits per heavy atom. The van der Waals surface area contributed by atoms with E-state index in [1.807, 2.05) is 17.0 Å². The van der Waals surface area contributed by atoms with E-state index in [9.17, 15) is 5.26 Å². The number of nitrogens with one attached hydrogen (secondary N) is 1. The highest BCUT2D eigenvalue weighted by atomic mass is 16.4. The third kappa shape index (κ3) is 2.28. The maximum Gasteiger partial charge on any atom is 0.235 e. The second kappa shape index (κ2) is 5.08. The summed E-state index contributed by atoms with van der Waals surface area (Å²) in [5.41, 5.74) is 1.11. The smallest absolute Gasteiger partial charge is 0.235 e. The van der Waals surface area contributed by atoms with Gasteiger partial charge in [0, 0.05) is 38.6 Å². The molecule has 0 aliphatic carbocycles. The summed E-state index contributed by atoms with van der Waals surface area (Å²) in [6.07, 6.45) is 3.36. The molecule has 0 amide bonds. The molecule has 2 aromatic heterocycles. The van der Waals surface area contributed by atoms with Crippen LogP contribution in [0.5, 0.6) is 0 Å². The number of anilines is 1. The zero-order valence-electron chi connectivity index (χ0n) is 10.3. The lowest BCUT2D eigenvalue weighted by atomic mass is 10.3. The Bertz CT molecular complexity index is 595. The van der Waals surface area contributed by atoms with Crippen LogP contribution in [-0.2, 0) is 0 Å². The number of piperazine rings is 1. The lowest BCUT2D eigenvalue weighted by Gasteiger charge is -2.26. The molecule has 0 atom stereocenters. The van der Waals surface area contributed by atoms with Crippen LogP contribution in [0.15, 0.2) is 28.9 Å². The van der Waals surface area contributed by atoms with E-state index in [1.54, 1.807) is 12.4 Å². The first kappa shape index (κ1) is 11.7. The first-order chi connectivity index (χ1) is 9.38. The molecule has 3 heterocycles. The number of nitrogens with zero attached hydrogens (tertiary/aromatic N) is 4. The maximum absolute atomic E-state index is 9.18. The van der Waals surface area contributed by atoms with Gasteiger partial charge < -0.3 is 14.6 Å². The van der Waals surface area contributed by atoms with Crippen LogP contribution in [0.2, 0.25) is 0 Å². The summed E-state index contributed by atoms with van der Waals surface area (Å²) in [5, 5.41) is 12.4. The van der Waals surface area contributed by atoms with E-state index in [1.165, 1.54) is 0 Å². The van der Waals surface area contributed by atoms with Crippen LogP contribution in [0.3, 0.4) is 0 Å². The van der Waals surface area contributed by atoms with Crippen LogP contribution in [0.25, 0.3) is 11.5 Å². The quantitative estimate of drug-likeness (QED) is 0.863. The van der Waals surface area contributed by atoms with Gasteiger partial charge in [-0.1, -0.05) is 0 Å². The predicted molar refractivity (Wildman–Crippen MR) is 69.5 cm³/mol. The average molecular weight is 255 g/mol. The van der Waals surface area contributed by atoms with E-state index in [2.05, 4.69) is 21.4 Å². The second-order valence-corrected chi connectivity index (χ2v) is 4.26. The van der Waals surface area contributed by atoms with Crippen molar-refractivity contribution >= 4 is 5.88 Å². The van der Waals surface area contributed by atoms with E-state index in [0.717, 1.165) is 31.7 Å². The Kier molecular flexibility index (Phi) is 3.12. The standard InChI is InChI=1S/C13H13N5O/c14-8-11-13(18-6-4-15-5-7-18)19-12(17-11)10-2-1-3-16-9-10/h1-3,9,15H,4-7H2. The fourth-order valence-corrected chi connectivity index (χ4v) is 2.08. The summed E-state index contributed by atoms with van der Waals surface area (Å²) < 4.78 is 5.76. The monoisotopic (exact) mass is 255 g/mol. The van der Waals surface area contributed by atoms with E-state index in [4.69, 9.17) is 4.42 Å². The molecule has 1 N–H and O–H groups in total. The maximum atomic E-state index is 9.18. The van der Waals surface area contributed by atoms with E-state index < -0.39 is 0 Å². The number of hydrogen-bond donors (Lipinski definition) is 1. The lowest BCUT2D eigenvalue weighted by molar-refractivity contribution is 0.512. The highest BCUT2D eigenvalue weighted by molar-refractivity contribution is 5.58. The molecule has 1 fully saturated rings. The molecule has 1 saturated heterocycles. The van der Waals surface area contributed by atoms with Crippen molar-refractivity contribution in [2.24, 2.45) is 0 Å². The van der Waals surface area contributed by atoms with Gasteiger partial charge in [0.15, 0.2) is 0 Å². The molecule has 0 spiro atoms. The number of pyridine rings is 1. The van der Waals surface area contributed by atoms with Crippen LogP contribution >= 0.6 is 0 Å². The van der Waals surface area contributed by atoms with E-state index in [-0.39, 0.29) is 0 Å². The minimum absolute atomic E-state index is 0.334. The molecule has 19 heavy (non-hydrogen) atoms. The average Bonchev–Trinajstić information content (AvgIpc) is 2.93. The summed E-state index contributed by atoms with van der Waals surface area (Å²) in [6, 6.07) is 5.77. The van der Waals surface area contributed by atoms with Gasteiger partial charge in [0.05, 0.1) is 5.56 Å². The lowest BCUT2D eigenvalue weighted by Crippen LogP contribution is -2.43. The van der Waals surface area contributed by atoms with Crippen LogP contribution in [-0.4, -0.2) is 36.1 Å². The number of rotatable bonds is 2. The molecular formula is C13H13N5O. The molecule has 1 aliphatic rings. The third-order valence-electron chi connectivity index (χ3n) is 3.03. The third-order valence-corrected chi connectivity index (χ3v) is 3.03. The molecule has 2 aromatic rings. The van der Waals surface area contributed by atoms with Gasteiger partial charge >= 0.3 is 0 Å². The van der Waals surface area contributed by atoms with Gasteiger partial charge in [0.2, 0.25) is 17.5 Å². The summed E-state index contributed by atoms with van der Waals surface area (Å²) in [5.74, 6) is 1.00. The molecule has 6 heteroatoms.